The van der Waals surface area contributed by atoms with Crippen LogP contribution in [-0.4, -0.2) is 46.9 Å². The van der Waals surface area contributed by atoms with E-state index >= 15 is 0 Å². The topological polar surface area (TPSA) is 95.9 Å². The number of hydrogen-bond donors (Lipinski definition) is 3. The second kappa shape index (κ2) is 48.8. The highest BCUT2D eigenvalue weighted by molar-refractivity contribution is 5.77. The molecule has 1 amide bonds. The van der Waals surface area contributed by atoms with Gasteiger partial charge < -0.3 is 20.3 Å². The molecule has 6 heteroatoms. The van der Waals surface area contributed by atoms with Crippen LogP contribution in [0.15, 0.2) is 48.6 Å². The van der Waals surface area contributed by atoms with Crippen LogP contribution in [0, 0.1) is 0 Å². The molecule has 6 nitrogen and oxygen atoms in total. The normalized spacial score (nSPS) is 13.6. The number of ether oxygens (including phenoxy) is 1. The Morgan fingerprint density at radius 3 is 1.30 bits per heavy atom. The van der Waals surface area contributed by atoms with Gasteiger partial charge in [0, 0.05) is 6.42 Å². The van der Waals surface area contributed by atoms with Gasteiger partial charge in [0.15, 0.2) is 0 Å². The van der Waals surface area contributed by atoms with E-state index in [2.05, 4.69) is 74.7 Å². The van der Waals surface area contributed by atoms with E-state index in [1.165, 1.54) is 148 Å². The first-order valence-electron chi connectivity index (χ1n) is 26.4. The van der Waals surface area contributed by atoms with Crippen molar-refractivity contribution in [2.75, 3.05) is 6.61 Å². The first kappa shape index (κ1) is 58.8. The van der Waals surface area contributed by atoms with Crippen LogP contribution in [0.5, 0.6) is 0 Å². The summed E-state index contributed by atoms with van der Waals surface area (Å²) < 4.78 is 5.92. The summed E-state index contributed by atoms with van der Waals surface area (Å²) in [5.74, 6) is -0.504. The number of hydrogen-bond acceptors (Lipinski definition) is 5. The van der Waals surface area contributed by atoms with Crippen LogP contribution in [0.4, 0.5) is 0 Å². The van der Waals surface area contributed by atoms with Gasteiger partial charge in [0.1, 0.15) is 6.10 Å². The molecule has 0 saturated heterocycles. The van der Waals surface area contributed by atoms with E-state index in [1.54, 1.807) is 0 Å². The molecule has 0 rings (SSSR count). The number of esters is 1. The Kier molecular flexibility index (Phi) is 47.1. The molecular weight excluding hydrogens is 755 g/mol. The van der Waals surface area contributed by atoms with Gasteiger partial charge in [-0.1, -0.05) is 249 Å². The van der Waals surface area contributed by atoms with Gasteiger partial charge in [0.2, 0.25) is 5.91 Å². The molecule has 0 spiro atoms. The van der Waals surface area contributed by atoms with E-state index in [-0.39, 0.29) is 24.9 Å². The Morgan fingerprint density at radius 2 is 0.836 bits per heavy atom. The second-order valence-corrected chi connectivity index (χ2v) is 18.0. The minimum atomic E-state index is -0.797. The number of amides is 1. The lowest BCUT2D eigenvalue weighted by Crippen LogP contribution is -2.46. The number of aliphatic hydroxyl groups excluding tert-OH is 2. The maximum absolute atomic E-state index is 13.2. The Morgan fingerprint density at radius 1 is 0.475 bits per heavy atom. The summed E-state index contributed by atoms with van der Waals surface area (Å²) in [5, 5.41) is 23.8. The van der Waals surface area contributed by atoms with Gasteiger partial charge in [-0.05, 0) is 51.4 Å². The molecule has 0 bridgehead atoms. The zero-order valence-corrected chi connectivity index (χ0v) is 40.5. The summed E-state index contributed by atoms with van der Waals surface area (Å²) in [6.45, 7) is 6.44. The van der Waals surface area contributed by atoms with E-state index < -0.39 is 18.2 Å². The summed E-state index contributed by atoms with van der Waals surface area (Å²) in [6, 6.07) is -0.713. The molecule has 3 N–H and O–H groups in total. The Balaban J connectivity index is 4.65. The first-order chi connectivity index (χ1) is 30.0. The van der Waals surface area contributed by atoms with Crippen molar-refractivity contribution in [2.24, 2.45) is 0 Å². The molecule has 0 aromatic carbocycles. The zero-order chi connectivity index (χ0) is 44.5. The molecule has 3 atom stereocenters. The van der Waals surface area contributed by atoms with Crippen molar-refractivity contribution in [1.82, 2.24) is 5.32 Å². The van der Waals surface area contributed by atoms with Gasteiger partial charge >= 0.3 is 5.97 Å². The van der Waals surface area contributed by atoms with Crippen molar-refractivity contribution in [3.8, 4) is 0 Å². The summed E-state index contributed by atoms with van der Waals surface area (Å²) >= 11 is 0. The molecule has 3 unspecified atom stereocenters. The van der Waals surface area contributed by atoms with E-state index in [9.17, 15) is 19.8 Å². The molecule has 0 heterocycles. The zero-order valence-electron chi connectivity index (χ0n) is 40.5. The van der Waals surface area contributed by atoms with Crippen molar-refractivity contribution in [3.63, 3.8) is 0 Å². The van der Waals surface area contributed by atoms with Gasteiger partial charge in [-0.3, -0.25) is 9.59 Å². The number of allylic oxidation sites excluding steroid dienone is 8. The number of carbonyl (C=O) groups is 2. The third kappa shape index (κ3) is 44.2. The van der Waals surface area contributed by atoms with Crippen LogP contribution < -0.4 is 5.32 Å². The lowest BCUT2D eigenvalue weighted by Gasteiger charge is -2.24. The third-order valence-corrected chi connectivity index (χ3v) is 12.0. The second-order valence-electron chi connectivity index (χ2n) is 18.0. The largest absolute Gasteiger partial charge is 0.462 e. The Labute approximate surface area is 378 Å². The first-order valence-corrected chi connectivity index (χ1v) is 26.4. The highest BCUT2D eigenvalue weighted by Gasteiger charge is 2.24. The minimum absolute atomic E-state index is 0.0540. The van der Waals surface area contributed by atoms with E-state index in [0.29, 0.717) is 19.3 Å². The lowest BCUT2D eigenvalue weighted by atomic mass is 10.0. The van der Waals surface area contributed by atoms with Gasteiger partial charge in [-0.25, -0.2) is 0 Å². The lowest BCUT2D eigenvalue weighted by molar-refractivity contribution is -0.151. The number of nitrogens with one attached hydrogen (secondary N) is 1. The highest BCUT2D eigenvalue weighted by Crippen LogP contribution is 2.18. The summed E-state index contributed by atoms with van der Waals surface area (Å²) in [5.41, 5.74) is 0. The Bertz CT molecular complexity index is 1050. The van der Waals surface area contributed by atoms with Crippen molar-refractivity contribution < 1.29 is 24.5 Å². The van der Waals surface area contributed by atoms with Crippen molar-refractivity contribution in [3.05, 3.63) is 48.6 Å². The van der Waals surface area contributed by atoms with E-state index in [0.717, 1.165) is 70.6 Å². The average Bonchev–Trinajstić information content (AvgIpc) is 3.25. The van der Waals surface area contributed by atoms with Crippen LogP contribution in [0.2, 0.25) is 0 Å². The number of carbonyl (C=O) groups excluding carboxylic acids is 2. The molecule has 0 radical (unpaired) electrons. The number of rotatable bonds is 47. The van der Waals surface area contributed by atoms with Crippen molar-refractivity contribution in [2.45, 2.75) is 283 Å². The molecule has 0 fully saturated rings. The van der Waals surface area contributed by atoms with Gasteiger partial charge in [-0.2, -0.15) is 0 Å². The molecule has 0 aromatic heterocycles. The average molecular weight is 856 g/mol. The molecule has 0 aliphatic heterocycles. The highest BCUT2D eigenvalue weighted by atomic mass is 16.5. The van der Waals surface area contributed by atoms with Gasteiger partial charge in [0.05, 0.1) is 25.2 Å². The fraction of sp³-hybridized carbons (Fsp3) is 0.818. The fourth-order valence-electron chi connectivity index (χ4n) is 7.97. The fourth-order valence-corrected chi connectivity index (χ4v) is 7.97. The predicted octanol–water partition coefficient (Wildman–Crippen LogP) is 15.8. The summed E-state index contributed by atoms with van der Waals surface area (Å²) in [6.07, 6.45) is 58.8. The molecule has 0 saturated carbocycles. The van der Waals surface area contributed by atoms with Crippen molar-refractivity contribution >= 4 is 11.9 Å². The molecular formula is C55H101NO5. The predicted molar refractivity (Wildman–Crippen MR) is 264 cm³/mol. The molecule has 61 heavy (non-hydrogen) atoms. The maximum atomic E-state index is 13.2. The van der Waals surface area contributed by atoms with Gasteiger partial charge in [-0.15, -0.1) is 0 Å². The smallest absolute Gasteiger partial charge is 0.306 e. The Hall–Kier alpha value is -2.18. The summed E-state index contributed by atoms with van der Waals surface area (Å²) in [4.78, 5) is 26.1. The van der Waals surface area contributed by atoms with Crippen molar-refractivity contribution in [1.29, 1.82) is 0 Å². The quantitative estimate of drug-likeness (QED) is 0.0322. The van der Waals surface area contributed by atoms with Crippen LogP contribution in [0.1, 0.15) is 265 Å². The number of unbranched alkanes of at least 4 members (excludes halogenated alkanes) is 30. The van der Waals surface area contributed by atoms with Gasteiger partial charge in [0.25, 0.3) is 0 Å². The molecule has 356 valence electrons. The van der Waals surface area contributed by atoms with Crippen LogP contribution in [0.3, 0.4) is 0 Å². The minimum Gasteiger partial charge on any atom is -0.462 e. The van der Waals surface area contributed by atoms with Crippen LogP contribution >= 0.6 is 0 Å². The molecule has 0 aliphatic carbocycles. The van der Waals surface area contributed by atoms with E-state index in [1.807, 2.05) is 0 Å². The van der Waals surface area contributed by atoms with Crippen LogP contribution in [0.25, 0.3) is 0 Å². The third-order valence-electron chi connectivity index (χ3n) is 12.0. The SMILES string of the molecule is CCCCC/C=C/C=C/C=C/C=C/CCCCCC(CC(=O)NC(CO)C(O)CCCCCCCCCCCCCCCC)OC(=O)CCCCCCCCCCCCCC. The molecule has 0 aliphatic rings. The standard InChI is InChI=1S/C55H101NO5/c1-4-7-10-13-16-19-22-25-27-28-29-31-34-37-40-43-46-51(61-55(60)48-45-42-39-36-33-24-21-18-15-12-9-6-3)49-54(59)56-52(50-57)53(58)47-44-41-38-35-32-30-26-23-20-17-14-11-8-5-2/h16,19,22,25,27-29,31,51-53,57-58H,4-15,17-18,20-21,23-24,26,30,32-50H2,1-3H3,(H,56,59)/b19-16+,25-22+,28-27+,31-29+. The monoisotopic (exact) mass is 856 g/mol. The number of aliphatic hydroxyl groups is 2. The summed E-state index contributed by atoms with van der Waals surface area (Å²) in [7, 11) is 0. The maximum Gasteiger partial charge on any atom is 0.306 e. The molecule has 0 aromatic rings. The van der Waals surface area contributed by atoms with E-state index in [4.69, 9.17) is 4.74 Å². The van der Waals surface area contributed by atoms with Crippen LogP contribution in [-0.2, 0) is 14.3 Å².